The first-order chi connectivity index (χ1) is 8.98. The van der Waals surface area contributed by atoms with Crippen molar-refractivity contribution in [3.05, 3.63) is 29.6 Å². The van der Waals surface area contributed by atoms with E-state index >= 15 is 0 Å². The third-order valence-corrected chi connectivity index (χ3v) is 3.16. The molecule has 0 aliphatic rings. The number of halogens is 1. The number of ether oxygens (including phenoxy) is 1. The Hall–Kier alpha value is -1.13. The van der Waals surface area contributed by atoms with Crippen LogP contribution in [-0.4, -0.2) is 25.4 Å². The minimum Gasteiger partial charge on any atom is -0.494 e. The minimum atomic E-state index is -0.332. The number of hydrogen-bond donors (Lipinski definition) is 2. The van der Waals surface area contributed by atoms with Crippen LogP contribution in [0.5, 0.6) is 5.75 Å². The summed E-state index contributed by atoms with van der Waals surface area (Å²) in [5.74, 6) is -0.0617. The van der Waals surface area contributed by atoms with Crippen molar-refractivity contribution < 1.29 is 14.2 Å². The van der Waals surface area contributed by atoms with Crippen LogP contribution >= 0.6 is 0 Å². The van der Waals surface area contributed by atoms with Crippen LogP contribution in [0.4, 0.5) is 4.39 Å². The Kier molecular flexibility index (Phi) is 6.25. The summed E-state index contributed by atoms with van der Waals surface area (Å²) in [6, 6.07) is 4.99. The number of aliphatic hydroxyl groups excluding tert-OH is 1. The monoisotopic (exact) mass is 269 g/mol. The molecule has 19 heavy (non-hydrogen) atoms. The van der Waals surface area contributed by atoms with Crippen LogP contribution in [0.1, 0.15) is 32.3 Å². The molecule has 3 nitrogen and oxygen atoms in total. The second-order valence-electron chi connectivity index (χ2n) is 5.56. The lowest BCUT2D eigenvalue weighted by atomic mass is 9.88. The van der Waals surface area contributed by atoms with E-state index in [0.717, 1.165) is 24.9 Å². The molecular weight excluding hydrogens is 245 g/mol. The van der Waals surface area contributed by atoms with E-state index in [1.165, 1.54) is 13.2 Å². The summed E-state index contributed by atoms with van der Waals surface area (Å²) in [5.41, 5.74) is 1.03. The van der Waals surface area contributed by atoms with Crippen LogP contribution in [0.25, 0.3) is 0 Å². The number of aliphatic hydroxyl groups is 1. The van der Waals surface area contributed by atoms with E-state index in [1.54, 1.807) is 6.07 Å². The van der Waals surface area contributed by atoms with Crippen LogP contribution < -0.4 is 10.1 Å². The zero-order valence-electron chi connectivity index (χ0n) is 12.0. The van der Waals surface area contributed by atoms with Crippen molar-refractivity contribution in [3.63, 3.8) is 0 Å². The Morgan fingerprint density at radius 2 is 2.11 bits per heavy atom. The van der Waals surface area contributed by atoms with E-state index in [4.69, 9.17) is 9.84 Å². The highest BCUT2D eigenvalue weighted by Crippen LogP contribution is 2.21. The van der Waals surface area contributed by atoms with Crippen molar-refractivity contribution in [2.24, 2.45) is 5.41 Å². The van der Waals surface area contributed by atoms with E-state index in [2.05, 4.69) is 19.2 Å². The third kappa shape index (κ3) is 5.57. The molecule has 0 atom stereocenters. The summed E-state index contributed by atoms with van der Waals surface area (Å²) < 4.78 is 18.4. The van der Waals surface area contributed by atoms with Gasteiger partial charge in [-0.05, 0) is 36.0 Å². The van der Waals surface area contributed by atoms with Gasteiger partial charge in [0.1, 0.15) is 0 Å². The molecule has 0 heterocycles. The number of nitrogens with one attached hydrogen (secondary N) is 1. The van der Waals surface area contributed by atoms with Crippen molar-refractivity contribution in [2.45, 2.75) is 33.2 Å². The van der Waals surface area contributed by atoms with Crippen molar-refractivity contribution in [1.82, 2.24) is 5.32 Å². The molecule has 1 rings (SSSR count). The van der Waals surface area contributed by atoms with Gasteiger partial charge in [-0.1, -0.05) is 19.9 Å². The van der Waals surface area contributed by atoms with Crippen molar-refractivity contribution >= 4 is 0 Å². The number of hydrogen-bond acceptors (Lipinski definition) is 3. The fourth-order valence-corrected chi connectivity index (χ4v) is 2.01. The molecular formula is C15H24FNO2. The SMILES string of the molecule is COc1ccc(CNCC(C)(C)CCCO)cc1F. The molecule has 108 valence electrons. The van der Waals surface area contributed by atoms with Crippen LogP contribution in [-0.2, 0) is 6.54 Å². The molecule has 2 N–H and O–H groups in total. The largest absolute Gasteiger partial charge is 0.494 e. The fourth-order valence-electron chi connectivity index (χ4n) is 2.01. The summed E-state index contributed by atoms with van der Waals surface area (Å²) in [6.45, 7) is 6.01. The molecule has 4 heteroatoms. The molecule has 1 aromatic rings. The molecule has 0 unspecified atom stereocenters. The Balaban J connectivity index is 2.42. The first-order valence-corrected chi connectivity index (χ1v) is 6.62. The zero-order chi connectivity index (χ0) is 14.3. The molecule has 0 saturated heterocycles. The molecule has 0 aromatic heterocycles. The van der Waals surface area contributed by atoms with Gasteiger partial charge >= 0.3 is 0 Å². The zero-order valence-corrected chi connectivity index (χ0v) is 12.0. The lowest BCUT2D eigenvalue weighted by molar-refractivity contribution is 0.236. The lowest BCUT2D eigenvalue weighted by Crippen LogP contribution is -2.29. The molecule has 0 aliphatic carbocycles. The number of benzene rings is 1. The van der Waals surface area contributed by atoms with Crippen LogP contribution in [0, 0.1) is 11.2 Å². The van der Waals surface area contributed by atoms with Gasteiger partial charge in [0, 0.05) is 19.7 Å². The second-order valence-corrected chi connectivity index (χ2v) is 5.56. The lowest BCUT2D eigenvalue weighted by Gasteiger charge is -2.24. The molecule has 1 aromatic carbocycles. The van der Waals surface area contributed by atoms with Crippen molar-refractivity contribution in [2.75, 3.05) is 20.3 Å². The molecule has 0 fully saturated rings. The standard InChI is InChI=1S/C15H24FNO2/c1-15(2,7-4-8-18)11-17-10-12-5-6-14(19-3)13(16)9-12/h5-6,9,17-18H,4,7-8,10-11H2,1-3H3. The highest BCUT2D eigenvalue weighted by Gasteiger charge is 2.16. The van der Waals surface area contributed by atoms with Gasteiger partial charge in [-0.25, -0.2) is 4.39 Å². The van der Waals surface area contributed by atoms with Crippen LogP contribution in [0.2, 0.25) is 0 Å². The maximum absolute atomic E-state index is 13.5. The molecule has 0 bridgehead atoms. The van der Waals surface area contributed by atoms with Gasteiger partial charge in [-0.3, -0.25) is 0 Å². The van der Waals surface area contributed by atoms with Crippen LogP contribution in [0.3, 0.4) is 0 Å². The van der Waals surface area contributed by atoms with E-state index in [0.29, 0.717) is 6.54 Å². The summed E-state index contributed by atoms with van der Waals surface area (Å²) in [7, 11) is 1.46. The van der Waals surface area contributed by atoms with Gasteiger partial charge in [0.15, 0.2) is 11.6 Å². The predicted molar refractivity (Wildman–Crippen MR) is 74.8 cm³/mol. The van der Waals surface area contributed by atoms with Gasteiger partial charge in [0.05, 0.1) is 7.11 Å². The fraction of sp³-hybridized carbons (Fsp3) is 0.600. The second kappa shape index (κ2) is 7.46. The number of rotatable bonds is 8. The van der Waals surface area contributed by atoms with Gasteiger partial charge in [0.25, 0.3) is 0 Å². The summed E-state index contributed by atoms with van der Waals surface area (Å²) in [5, 5.41) is 12.2. The molecule has 0 aliphatic heterocycles. The van der Waals surface area contributed by atoms with Gasteiger partial charge in [-0.2, -0.15) is 0 Å². The Labute approximate surface area is 114 Å². The predicted octanol–water partition coefficient (Wildman–Crippen LogP) is 2.72. The van der Waals surface area contributed by atoms with E-state index in [9.17, 15) is 4.39 Å². The van der Waals surface area contributed by atoms with E-state index < -0.39 is 0 Å². The Morgan fingerprint density at radius 3 is 2.68 bits per heavy atom. The first-order valence-electron chi connectivity index (χ1n) is 6.62. The van der Waals surface area contributed by atoms with Gasteiger partial charge in [-0.15, -0.1) is 0 Å². The Bertz CT molecular complexity index is 394. The third-order valence-electron chi connectivity index (χ3n) is 3.16. The maximum atomic E-state index is 13.5. The number of methoxy groups -OCH3 is 1. The Morgan fingerprint density at radius 1 is 1.37 bits per heavy atom. The molecule has 0 amide bonds. The van der Waals surface area contributed by atoms with Crippen LogP contribution in [0.15, 0.2) is 18.2 Å². The van der Waals surface area contributed by atoms with Crippen molar-refractivity contribution in [3.8, 4) is 5.75 Å². The average Bonchev–Trinajstić information content (AvgIpc) is 2.36. The topological polar surface area (TPSA) is 41.5 Å². The quantitative estimate of drug-likeness (QED) is 0.762. The summed E-state index contributed by atoms with van der Waals surface area (Å²) >= 11 is 0. The van der Waals surface area contributed by atoms with Gasteiger partial charge in [0.2, 0.25) is 0 Å². The van der Waals surface area contributed by atoms with Crippen molar-refractivity contribution in [1.29, 1.82) is 0 Å². The average molecular weight is 269 g/mol. The summed E-state index contributed by atoms with van der Waals surface area (Å²) in [6.07, 6.45) is 1.78. The molecule has 0 radical (unpaired) electrons. The smallest absolute Gasteiger partial charge is 0.165 e. The van der Waals surface area contributed by atoms with E-state index in [1.807, 2.05) is 6.07 Å². The molecule has 0 spiro atoms. The first kappa shape index (κ1) is 15.9. The highest BCUT2D eigenvalue weighted by molar-refractivity contribution is 5.29. The van der Waals surface area contributed by atoms with Gasteiger partial charge < -0.3 is 15.2 Å². The normalized spacial score (nSPS) is 11.6. The summed E-state index contributed by atoms with van der Waals surface area (Å²) in [4.78, 5) is 0. The maximum Gasteiger partial charge on any atom is 0.165 e. The molecule has 0 saturated carbocycles. The van der Waals surface area contributed by atoms with E-state index in [-0.39, 0.29) is 23.6 Å². The highest BCUT2D eigenvalue weighted by atomic mass is 19.1. The minimum absolute atomic E-state index is 0.133.